The second kappa shape index (κ2) is 10.1. The first-order valence-electron chi connectivity index (χ1n) is 11.3. The average molecular weight is 492 g/mol. The van der Waals surface area contributed by atoms with Gasteiger partial charge < -0.3 is 5.32 Å². The van der Waals surface area contributed by atoms with Gasteiger partial charge in [0, 0.05) is 48.7 Å². The number of hydrogen-bond donors (Lipinski definition) is 2. The minimum absolute atomic E-state index is 0.0440. The maximum atomic E-state index is 12.4. The highest BCUT2D eigenvalue weighted by atomic mass is 35.5. The number of rotatable bonds is 7. The number of pyridine rings is 1. The largest absolute Gasteiger partial charge is 0.352 e. The lowest BCUT2D eigenvalue weighted by molar-refractivity contribution is -0.120. The SMILES string of the molecule is Cc1ncc2c(c1CNC(=O)Cc1ccsc1)CCN(Cc1cn[nH]c1-c1ccc(Cl)cc1)C2. The number of aryl methyl sites for hydroxylation is 1. The van der Waals surface area contributed by atoms with Crippen LogP contribution in [0.2, 0.25) is 5.02 Å². The maximum Gasteiger partial charge on any atom is 0.224 e. The lowest BCUT2D eigenvalue weighted by Crippen LogP contribution is -2.32. The van der Waals surface area contributed by atoms with E-state index in [-0.39, 0.29) is 5.91 Å². The fourth-order valence-electron chi connectivity index (χ4n) is 4.52. The van der Waals surface area contributed by atoms with Crippen molar-refractivity contribution in [1.29, 1.82) is 0 Å². The lowest BCUT2D eigenvalue weighted by Gasteiger charge is -2.30. The zero-order chi connectivity index (χ0) is 23.5. The highest BCUT2D eigenvalue weighted by Crippen LogP contribution is 2.28. The molecule has 3 aromatic heterocycles. The van der Waals surface area contributed by atoms with Gasteiger partial charge in [0.1, 0.15) is 0 Å². The Hall–Kier alpha value is -3.00. The third-order valence-electron chi connectivity index (χ3n) is 6.33. The summed E-state index contributed by atoms with van der Waals surface area (Å²) in [6.07, 6.45) is 5.24. The number of nitrogens with one attached hydrogen (secondary N) is 2. The predicted octanol–water partition coefficient (Wildman–Crippen LogP) is 4.91. The molecule has 0 saturated heterocycles. The number of thiophene rings is 1. The molecule has 0 aliphatic carbocycles. The molecule has 4 aromatic rings. The van der Waals surface area contributed by atoms with Gasteiger partial charge in [0.15, 0.2) is 0 Å². The van der Waals surface area contributed by atoms with Crippen LogP contribution in [0, 0.1) is 6.92 Å². The molecule has 4 heterocycles. The van der Waals surface area contributed by atoms with Crippen molar-refractivity contribution < 1.29 is 4.79 Å². The van der Waals surface area contributed by atoms with E-state index >= 15 is 0 Å². The van der Waals surface area contributed by atoms with Crippen LogP contribution in [-0.2, 0) is 37.3 Å². The van der Waals surface area contributed by atoms with Gasteiger partial charge in [-0.25, -0.2) is 0 Å². The van der Waals surface area contributed by atoms with E-state index in [2.05, 4.69) is 25.4 Å². The van der Waals surface area contributed by atoms with Crippen molar-refractivity contribution in [2.45, 2.75) is 39.4 Å². The van der Waals surface area contributed by atoms with Crippen molar-refractivity contribution in [1.82, 2.24) is 25.4 Å². The molecule has 0 saturated carbocycles. The van der Waals surface area contributed by atoms with Crippen LogP contribution in [0.25, 0.3) is 11.3 Å². The van der Waals surface area contributed by atoms with E-state index in [4.69, 9.17) is 11.6 Å². The van der Waals surface area contributed by atoms with Gasteiger partial charge in [-0.1, -0.05) is 23.7 Å². The van der Waals surface area contributed by atoms with Crippen molar-refractivity contribution in [3.8, 4) is 11.3 Å². The molecule has 0 atom stereocenters. The number of aromatic amines is 1. The van der Waals surface area contributed by atoms with Gasteiger partial charge in [-0.15, -0.1) is 0 Å². The molecule has 6 nitrogen and oxygen atoms in total. The zero-order valence-corrected chi connectivity index (χ0v) is 20.5. The molecule has 1 amide bonds. The third-order valence-corrected chi connectivity index (χ3v) is 7.31. The third kappa shape index (κ3) is 5.06. The molecule has 8 heteroatoms. The molecule has 34 heavy (non-hydrogen) atoms. The van der Waals surface area contributed by atoms with E-state index < -0.39 is 0 Å². The van der Waals surface area contributed by atoms with Gasteiger partial charge in [-0.3, -0.25) is 19.8 Å². The first-order chi connectivity index (χ1) is 16.6. The van der Waals surface area contributed by atoms with Crippen molar-refractivity contribution >= 4 is 28.8 Å². The van der Waals surface area contributed by atoms with Gasteiger partial charge in [-0.05, 0) is 70.1 Å². The minimum atomic E-state index is 0.0440. The number of hydrogen-bond acceptors (Lipinski definition) is 5. The quantitative estimate of drug-likeness (QED) is 0.385. The average Bonchev–Trinajstić information content (AvgIpc) is 3.51. The molecule has 0 radical (unpaired) electrons. The van der Waals surface area contributed by atoms with Crippen LogP contribution in [0.1, 0.15) is 33.5 Å². The molecule has 5 rings (SSSR count). The topological polar surface area (TPSA) is 73.9 Å². The summed E-state index contributed by atoms with van der Waals surface area (Å²) in [4.78, 5) is 19.5. The van der Waals surface area contributed by atoms with Gasteiger partial charge in [-0.2, -0.15) is 16.4 Å². The van der Waals surface area contributed by atoms with E-state index in [1.54, 1.807) is 11.3 Å². The Kier molecular flexibility index (Phi) is 6.76. The lowest BCUT2D eigenvalue weighted by atomic mass is 9.94. The van der Waals surface area contributed by atoms with Crippen LogP contribution in [0.4, 0.5) is 0 Å². The second-order valence-corrected chi connectivity index (χ2v) is 9.87. The van der Waals surface area contributed by atoms with Gasteiger partial charge >= 0.3 is 0 Å². The van der Waals surface area contributed by atoms with Crippen LogP contribution >= 0.6 is 22.9 Å². The van der Waals surface area contributed by atoms with Crippen LogP contribution in [0.5, 0.6) is 0 Å². The molecular formula is C26H26ClN5OS. The Morgan fingerprint density at radius 1 is 1.24 bits per heavy atom. The number of carbonyl (C=O) groups excluding carboxylic acids is 1. The Labute approximate surface area is 208 Å². The number of halogens is 1. The van der Waals surface area contributed by atoms with E-state index in [1.165, 1.54) is 11.1 Å². The highest BCUT2D eigenvalue weighted by Gasteiger charge is 2.22. The Morgan fingerprint density at radius 2 is 2.09 bits per heavy atom. The fraction of sp³-hybridized carbons (Fsp3) is 0.269. The number of H-pyrrole nitrogens is 1. The summed E-state index contributed by atoms with van der Waals surface area (Å²) in [6, 6.07) is 9.81. The van der Waals surface area contributed by atoms with E-state index in [0.29, 0.717) is 13.0 Å². The molecule has 174 valence electrons. The van der Waals surface area contributed by atoms with Crippen molar-refractivity contribution in [2.24, 2.45) is 0 Å². The molecule has 2 N–H and O–H groups in total. The number of carbonyl (C=O) groups is 1. The standard InChI is InChI=1S/C26H26ClN5OS/c1-17-24(13-29-25(33)10-18-7-9-34-16-18)23-6-8-32(14-20(23)11-28-17)15-21-12-30-31-26(21)19-2-4-22(27)5-3-19/h2-5,7,9,11-12,16H,6,8,10,13-15H2,1H3,(H,29,33)(H,30,31). The molecule has 1 aliphatic heterocycles. The van der Waals surface area contributed by atoms with Gasteiger partial charge in [0.05, 0.1) is 18.3 Å². The number of aromatic nitrogens is 3. The molecule has 0 unspecified atom stereocenters. The summed E-state index contributed by atoms with van der Waals surface area (Å²) in [6.45, 7) is 5.11. The first-order valence-corrected chi connectivity index (χ1v) is 12.6. The normalized spacial score (nSPS) is 13.6. The van der Waals surface area contributed by atoms with E-state index in [9.17, 15) is 4.79 Å². The summed E-state index contributed by atoms with van der Waals surface area (Å²) in [5, 5.41) is 15.3. The van der Waals surface area contributed by atoms with Crippen LogP contribution in [0.15, 0.2) is 53.5 Å². The van der Waals surface area contributed by atoms with E-state index in [1.807, 2.05) is 60.4 Å². The van der Waals surface area contributed by atoms with Gasteiger partial charge in [0.2, 0.25) is 5.91 Å². The molecule has 0 spiro atoms. The summed E-state index contributed by atoms with van der Waals surface area (Å²) in [5.74, 6) is 0.0440. The number of amides is 1. The van der Waals surface area contributed by atoms with Crippen LogP contribution in [0.3, 0.4) is 0 Å². The molecular weight excluding hydrogens is 466 g/mol. The molecule has 1 aromatic carbocycles. The first kappa shape index (κ1) is 22.8. The summed E-state index contributed by atoms with van der Waals surface area (Å²) < 4.78 is 0. The second-order valence-electron chi connectivity index (χ2n) is 8.65. The number of benzene rings is 1. The Morgan fingerprint density at radius 3 is 2.88 bits per heavy atom. The number of nitrogens with zero attached hydrogens (tertiary/aromatic N) is 3. The van der Waals surface area contributed by atoms with E-state index in [0.717, 1.165) is 64.7 Å². The Balaban J connectivity index is 1.27. The summed E-state index contributed by atoms with van der Waals surface area (Å²) in [7, 11) is 0. The zero-order valence-electron chi connectivity index (χ0n) is 19.0. The minimum Gasteiger partial charge on any atom is -0.352 e. The molecule has 1 aliphatic rings. The van der Waals surface area contributed by atoms with Crippen LogP contribution < -0.4 is 5.32 Å². The Bertz CT molecular complexity index is 1280. The summed E-state index contributed by atoms with van der Waals surface area (Å²) in [5.41, 5.74) is 9.02. The summed E-state index contributed by atoms with van der Waals surface area (Å²) >= 11 is 7.66. The van der Waals surface area contributed by atoms with Crippen molar-refractivity contribution in [3.63, 3.8) is 0 Å². The molecule has 0 bridgehead atoms. The number of fused-ring (bicyclic) bond motifs is 1. The molecule has 0 fully saturated rings. The fourth-order valence-corrected chi connectivity index (χ4v) is 5.31. The van der Waals surface area contributed by atoms with Crippen LogP contribution in [-0.4, -0.2) is 32.5 Å². The van der Waals surface area contributed by atoms with Crippen molar-refractivity contribution in [3.05, 3.63) is 92.0 Å². The monoisotopic (exact) mass is 491 g/mol. The van der Waals surface area contributed by atoms with Gasteiger partial charge in [0.25, 0.3) is 0 Å². The van der Waals surface area contributed by atoms with Crippen molar-refractivity contribution in [2.75, 3.05) is 6.54 Å². The maximum absolute atomic E-state index is 12.4. The highest BCUT2D eigenvalue weighted by molar-refractivity contribution is 7.08. The predicted molar refractivity (Wildman–Crippen MR) is 136 cm³/mol. The smallest absolute Gasteiger partial charge is 0.224 e.